The first-order valence-corrected chi connectivity index (χ1v) is 7.71. The molecule has 21 heavy (non-hydrogen) atoms. The number of sulfonamides is 1. The summed E-state index contributed by atoms with van der Waals surface area (Å²) in [4.78, 5) is -0.284. The fourth-order valence-electron chi connectivity index (χ4n) is 1.58. The Hall–Kier alpha value is -1.32. The van der Waals surface area contributed by atoms with Crippen molar-refractivity contribution in [3.8, 4) is 5.75 Å². The van der Waals surface area contributed by atoms with E-state index in [1.807, 2.05) is 6.92 Å². The van der Waals surface area contributed by atoms with E-state index < -0.39 is 22.1 Å². The van der Waals surface area contributed by atoms with Crippen LogP contribution in [0.5, 0.6) is 5.75 Å². The van der Waals surface area contributed by atoms with Crippen LogP contribution in [-0.4, -0.2) is 33.9 Å². The summed E-state index contributed by atoms with van der Waals surface area (Å²) in [5.41, 5.74) is 0. The lowest BCUT2D eigenvalue weighted by atomic mass is 10.3. The Morgan fingerprint density at radius 3 is 2.57 bits per heavy atom. The van der Waals surface area contributed by atoms with Crippen molar-refractivity contribution in [3.63, 3.8) is 0 Å². The zero-order valence-electron chi connectivity index (χ0n) is 11.6. The van der Waals surface area contributed by atoms with Gasteiger partial charge in [-0.05, 0) is 25.6 Å². The highest BCUT2D eigenvalue weighted by Crippen LogP contribution is 2.24. The lowest BCUT2D eigenvalue weighted by Crippen LogP contribution is -2.38. The second-order valence-electron chi connectivity index (χ2n) is 4.33. The summed E-state index contributed by atoms with van der Waals surface area (Å²) in [6, 6.07) is 4.15. The largest absolute Gasteiger partial charge is 0.573 e. The van der Waals surface area contributed by atoms with E-state index in [1.165, 1.54) is 12.1 Å². The van der Waals surface area contributed by atoms with Crippen LogP contribution >= 0.6 is 0 Å². The maximum absolute atomic E-state index is 12.1. The Morgan fingerprint density at radius 2 is 2.00 bits per heavy atom. The van der Waals surface area contributed by atoms with E-state index in [1.54, 1.807) is 6.92 Å². The normalized spacial score (nSPS) is 14.0. The lowest BCUT2D eigenvalue weighted by molar-refractivity contribution is -0.274. The van der Waals surface area contributed by atoms with Gasteiger partial charge in [-0.2, -0.15) is 0 Å². The average molecular weight is 326 g/mol. The van der Waals surface area contributed by atoms with E-state index in [0.717, 1.165) is 12.1 Å². The highest BCUT2D eigenvalue weighted by atomic mass is 32.2. The second kappa shape index (κ2) is 7.10. The van der Waals surface area contributed by atoms with Gasteiger partial charge in [-0.25, -0.2) is 13.1 Å². The molecule has 0 unspecified atom stereocenters. The standard InChI is InChI=1S/C12H17F3N2O3S/c1-3-16-9(2)8-17-21(18,19)11-6-4-5-10(7-11)20-12(13,14)15/h4-7,9,16-17H,3,8H2,1-2H3/t9-/m1/s1. The molecule has 0 aliphatic heterocycles. The number of likely N-dealkylation sites (N-methyl/N-ethyl adjacent to an activating group) is 1. The molecular weight excluding hydrogens is 309 g/mol. The summed E-state index contributed by atoms with van der Waals surface area (Å²) >= 11 is 0. The van der Waals surface area contributed by atoms with Gasteiger partial charge in [-0.1, -0.05) is 13.0 Å². The van der Waals surface area contributed by atoms with Crippen LogP contribution in [-0.2, 0) is 10.0 Å². The van der Waals surface area contributed by atoms with E-state index in [4.69, 9.17) is 0 Å². The van der Waals surface area contributed by atoms with Gasteiger partial charge in [0.25, 0.3) is 0 Å². The Kier molecular flexibility index (Phi) is 5.99. The molecule has 2 N–H and O–H groups in total. The number of hydrogen-bond donors (Lipinski definition) is 2. The first-order valence-electron chi connectivity index (χ1n) is 6.23. The SMILES string of the molecule is CCN[C@H](C)CNS(=O)(=O)c1cccc(OC(F)(F)F)c1. The van der Waals surface area contributed by atoms with Gasteiger partial charge in [0.2, 0.25) is 10.0 Å². The number of ether oxygens (including phenoxy) is 1. The van der Waals surface area contributed by atoms with Crippen molar-refractivity contribution in [3.05, 3.63) is 24.3 Å². The minimum atomic E-state index is -4.87. The number of nitrogens with one attached hydrogen (secondary N) is 2. The fourth-order valence-corrected chi connectivity index (χ4v) is 2.74. The molecule has 0 heterocycles. The zero-order chi connectivity index (χ0) is 16.1. The topological polar surface area (TPSA) is 67.4 Å². The smallest absolute Gasteiger partial charge is 0.406 e. The summed E-state index contributed by atoms with van der Waals surface area (Å²) in [6.07, 6.45) is -4.87. The minimum absolute atomic E-state index is 0.0978. The van der Waals surface area contributed by atoms with E-state index >= 15 is 0 Å². The van der Waals surface area contributed by atoms with Gasteiger partial charge in [-0.3, -0.25) is 0 Å². The summed E-state index contributed by atoms with van der Waals surface area (Å²) in [5.74, 6) is -0.579. The summed E-state index contributed by atoms with van der Waals surface area (Å²) in [7, 11) is -3.89. The molecule has 0 radical (unpaired) electrons. The van der Waals surface area contributed by atoms with Crippen molar-refractivity contribution in [2.75, 3.05) is 13.1 Å². The monoisotopic (exact) mass is 326 g/mol. The summed E-state index contributed by atoms with van der Waals surface area (Å²) < 4.78 is 66.3. The molecule has 9 heteroatoms. The van der Waals surface area contributed by atoms with Gasteiger partial charge in [0, 0.05) is 18.7 Å². The predicted molar refractivity (Wildman–Crippen MR) is 71.5 cm³/mol. The van der Waals surface area contributed by atoms with Gasteiger partial charge in [0.05, 0.1) is 4.90 Å². The number of rotatable bonds is 7. The van der Waals surface area contributed by atoms with Crippen LogP contribution in [0.4, 0.5) is 13.2 Å². The molecule has 0 bridgehead atoms. The second-order valence-corrected chi connectivity index (χ2v) is 6.10. The molecule has 0 aromatic heterocycles. The van der Waals surface area contributed by atoms with E-state index in [0.29, 0.717) is 6.54 Å². The van der Waals surface area contributed by atoms with Crippen LogP contribution in [0, 0.1) is 0 Å². The molecule has 120 valence electrons. The first kappa shape index (κ1) is 17.7. The molecular formula is C12H17F3N2O3S. The van der Waals surface area contributed by atoms with Crippen LogP contribution in [0.15, 0.2) is 29.2 Å². The van der Waals surface area contributed by atoms with Gasteiger partial charge in [-0.15, -0.1) is 13.2 Å². The third-order valence-electron chi connectivity index (χ3n) is 2.48. The molecule has 5 nitrogen and oxygen atoms in total. The maximum Gasteiger partial charge on any atom is 0.573 e. The highest BCUT2D eigenvalue weighted by Gasteiger charge is 2.31. The lowest BCUT2D eigenvalue weighted by Gasteiger charge is -2.14. The van der Waals surface area contributed by atoms with E-state index in [2.05, 4.69) is 14.8 Å². The summed E-state index contributed by atoms with van der Waals surface area (Å²) in [6.45, 7) is 4.47. The molecule has 1 aromatic rings. The van der Waals surface area contributed by atoms with Crippen molar-refractivity contribution in [2.24, 2.45) is 0 Å². The molecule has 0 saturated carbocycles. The van der Waals surface area contributed by atoms with Crippen molar-refractivity contribution >= 4 is 10.0 Å². The van der Waals surface area contributed by atoms with Gasteiger partial charge in [0.1, 0.15) is 5.75 Å². The number of alkyl halides is 3. The zero-order valence-corrected chi connectivity index (χ0v) is 12.4. The predicted octanol–water partition coefficient (Wildman–Crippen LogP) is 1.86. The summed E-state index contributed by atoms with van der Waals surface area (Å²) in [5, 5.41) is 3.01. The van der Waals surface area contributed by atoms with Crippen molar-refractivity contribution < 1.29 is 26.3 Å². The van der Waals surface area contributed by atoms with Crippen LogP contribution < -0.4 is 14.8 Å². The third-order valence-corrected chi connectivity index (χ3v) is 3.90. The van der Waals surface area contributed by atoms with E-state index in [-0.39, 0.29) is 17.5 Å². The number of benzene rings is 1. The van der Waals surface area contributed by atoms with Crippen LogP contribution in [0.25, 0.3) is 0 Å². The number of hydrogen-bond acceptors (Lipinski definition) is 4. The molecule has 0 aliphatic carbocycles. The molecule has 1 atom stereocenters. The molecule has 0 fully saturated rings. The first-order chi connectivity index (χ1) is 9.64. The van der Waals surface area contributed by atoms with Crippen LogP contribution in [0.3, 0.4) is 0 Å². The molecule has 0 spiro atoms. The molecule has 1 aromatic carbocycles. The van der Waals surface area contributed by atoms with Gasteiger partial charge >= 0.3 is 6.36 Å². The van der Waals surface area contributed by atoms with Crippen LogP contribution in [0.2, 0.25) is 0 Å². The Balaban J connectivity index is 2.81. The molecule has 0 amide bonds. The van der Waals surface area contributed by atoms with Crippen molar-refractivity contribution in [1.82, 2.24) is 10.0 Å². The Bertz CT molecular complexity index is 561. The van der Waals surface area contributed by atoms with E-state index in [9.17, 15) is 21.6 Å². The van der Waals surface area contributed by atoms with Crippen LogP contribution in [0.1, 0.15) is 13.8 Å². The van der Waals surface area contributed by atoms with Crippen molar-refractivity contribution in [2.45, 2.75) is 31.1 Å². The Labute approximate surface area is 121 Å². The maximum atomic E-state index is 12.1. The molecule has 0 aliphatic rings. The molecule has 1 rings (SSSR count). The Morgan fingerprint density at radius 1 is 1.33 bits per heavy atom. The average Bonchev–Trinajstić information content (AvgIpc) is 2.35. The highest BCUT2D eigenvalue weighted by molar-refractivity contribution is 7.89. The van der Waals surface area contributed by atoms with Crippen molar-refractivity contribution in [1.29, 1.82) is 0 Å². The fraction of sp³-hybridized carbons (Fsp3) is 0.500. The number of halogens is 3. The van der Waals surface area contributed by atoms with Gasteiger partial charge < -0.3 is 10.1 Å². The third kappa shape index (κ3) is 6.32. The van der Waals surface area contributed by atoms with Gasteiger partial charge in [0.15, 0.2) is 0 Å². The quantitative estimate of drug-likeness (QED) is 0.803. The minimum Gasteiger partial charge on any atom is -0.406 e. The molecule has 0 saturated heterocycles.